The highest BCUT2D eigenvalue weighted by atomic mass is 14.3. The average molecular weight is 382 g/mol. The van der Waals surface area contributed by atoms with E-state index in [-0.39, 0.29) is 0 Å². The highest BCUT2D eigenvalue weighted by Gasteiger charge is 2.06. The molecule has 0 saturated heterocycles. The number of benzene rings is 3. The number of nitriles is 4. The van der Waals surface area contributed by atoms with Crippen molar-refractivity contribution < 1.29 is 0 Å². The van der Waals surface area contributed by atoms with E-state index < -0.39 is 0 Å². The van der Waals surface area contributed by atoms with Gasteiger partial charge in [-0.2, -0.15) is 21.0 Å². The van der Waals surface area contributed by atoms with Gasteiger partial charge in [0, 0.05) is 0 Å². The predicted octanol–water partition coefficient (Wildman–Crippen LogP) is 5.51. The van der Waals surface area contributed by atoms with Gasteiger partial charge in [0.2, 0.25) is 0 Å². The standard InChI is InChI=1S/C26H14N4/c27-15-21-5-1-19(2-6-21)9-11-23-13-26(18-30)24(14-25(23)17-29)12-10-20-3-7-22(16-28)8-4-20/h1-14H/b11-9+,12-10+. The second-order valence-electron chi connectivity index (χ2n) is 6.38. The first-order valence-corrected chi connectivity index (χ1v) is 9.01. The Bertz CT molecular complexity index is 1190. The van der Waals surface area contributed by atoms with Crippen LogP contribution in [0.2, 0.25) is 0 Å². The quantitative estimate of drug-likeness (QED) is 0.556. The molecule has 0 saturated carbocycles. The zero-order chi connectivity index (χ0) is 21.3. The van der Waals surface area contributed by atoms with Gasteiger partial charge in [-0.05, 0) is 58.7 Å². The molecule has 0 amide bonds. The molecule has 0 aliphatic carbocycles. The maximum atomic E-state index is 9.56. The summed E-state index contributed by atoms with van der Waals surface area (Å²) in [4.78, 5) is 0. The van der Waals surface area contributed by atoms with Crippen LogP contribution in [0.5, 0.6) is 0 Å². The topological polar surface area (TPSA) is 95.2 Å². The van der Waals surface area contributed by atoms with Crippen molar-refractivity contribution in [2.45, 2.75) is 0 Å². The van der Waals surface area contributed by atoms with Gasteiger partial charge in [-0.15, -0.1) is 0 Å². The lowest BCUT2D eigenvalue weighted by Crippen LogP contribution is -1.90. The zero-order valence-corrected chi connectivity index (χ0v) is 15.9. The van der Waals surface area contributed by atoms with Crippen molar-refractivity contribution in [1.29, 1.82) is 21.0 Å². The van der Waals surface area contributed by atoms with E-state index in [9.17, 15) is 10.5 Å². The number of hydrogen-bond acceptors (Lipinski definition) is 4. The van der Waals surface area contributed by atoms with E-state index in [1.54, 1.807) is 48.6 Å². The lowest BCUT2D eigenvalue weighted by molar-refractivity contribution is 1.43. The van der Waals surface area contributed by atoms with Gasteiger partial charge in [-0.1, -0.05) is 48.6 Å². The third-order valence-corrected chi connectivity index (χ3v) is 4.45. The van der Waals surface area contributed by atoms with Crippen LogP contribution in [0.25, 0.3) is 24.3 Å². The summed E-state index contributed by atoms with van der Waals surface area (Å²) in [5.74, 6) is 0. The fraction of sp³-hybridized carbons (Fsp3) is 0. The maximum Gasteiger partial charge on any atom is 0.0998 e. The largest absolute Gasteiger partial charge is 0.192 e. The summed E-state index contributed by atoms with van der Waals surface area (Å²) in [6.07, 6.45) is 7.25. The third kappa shape index (κ3) is 4.68. The van der Waals surface area contributed by atoms with Crippen LogP contribution in [0.4, 0.5) is 0 Å². The lowest BCUT2D eigenvalue weighted by Gasteiger charge is -2.04. The van der Waals surface area contributed by atoms with Gasteiger partial charge >= 0.3 is 0 Å². The molecular formula is C26H14N4. The summed E-state index contributed by atoms with van der Waals surface area (Å²) in [5, 5.41) is 36.9. The van der Waals surface area contributed by atoms with E-state index in [1.165, 1.54) is 0 Å². The fourth-order valence-corrected chi connectivity index (χ4v) is 2.81. The molecule has 4 heteroatoms. The maximum absolute atomic E-state index is 9.56. The van der Waals surface area contributed by atoms with Gasteiger partial charge in [0.1, 0.15) is 0 Å². The first kappa shape index (κ1) is 19.9. The highest BCUT2D eigenvalue weighted by molar-refractivity contribution is 5.78. The van der Waals surface area contributed by atoms with E-state index >= 15 is 0 Å². The van der Waals surface area contributed by atoms with Gasteiger partial charge in [0.05, 0.1) is 46.5 Å². The minimum Gasteiger partial charge on any atom is -0.192 e. The molecule has 0 aliphatic heterocycles. The molecule has 0 atom stereocenters. The molecule has 0 N–H and O–H groups in total. The van der Waals surface area contributed by atoms with Crippen LogP contribution in [0.3, 0.4) is 0 Å². The van der Waals surface area contributed by atoms with Crippen molar-refractivity contribution in [2.24, 2.45) is 0 Å². The Morgan fingerprint density at radius 3 is 1.13 bits per heavy atom. The molecule has 3 aromatic rings. The monoisotopic (exact) mass is 382 g/mol. The lowest BCUT2D eigenvalue weighted by atomic mass is 9.97. The molecule has 0 fully saturated rings. The molecular weight excluding hydrogens is 368 g/mol. The van der Waals surface area contributed by atoms with Gasteiger partial charge in [0.15, 0.2) is 0 Å². The highest BCUT2D eigenvalue weighted by Crippen LogP contribution is 2.21. The molecule has 0 spiro atoms. The fourth-order valence-electron chi connectivity index (χ4n) is 2.81. The minimum absolute atomic E-state index is 0.457. The Balaban J connectivity index is 1.91. The van der Waals surface area contributed by atoms with Crippen molar-refractivity contribution in [2.75, 3.05) is 0 Å². The van der Waals surface area contributed by atoms with E-state index in [1.807, 2.05) is 36.4 Å². The normalized spacial score (nSPS) is 10.3. The Morgan fingerprint density at radius 2 is 0.833 bits per heavy atom. The van der Waals surface area contributed by atoms with Crippen molar-refractivity contribution >= 4 is 24.3 Å². The van der Waals surface area contributed by atoms with E-state index in [0.717, 1.165) is 11.1 Å². The van der Waals surface area contributed by atoms with Gasteiger partial charge < -0.3 is 0 Å². The van der Waals surface area contributed by atoms with Gasteiger partial charge in [-0.25, -0.2) is 0 Å². The number of rotatable bonds is 4. The van der Waals surface area contributed by atoms with E-state index in [0.29, 0.717) is 33.4 Å². The molecule has 0 bridgehead atoms. The molecule has 0 aromatic heterocycles. The van der Waals surface area contributed by atoms with Crippen molar-refractivity contribution in [3.8, 4) is 24.3 Å². The Morgan fingerprint density at radius 1 is 0.467 bits per heavy atom. The molecule has 138 valence electrons. The van der Waals surface area contributed by atoms with Crippen LogP contribution < -0.4 is 0 Å². The third-order valence-electron chi connectivity index (χ3n) is 4.45. The van der Waals surface area contributed by atoms with Crippen LogP contribution in [0.1, 0.15) is 44.5 Å². The number of hydrogen-bond donors (Lipinski definition) is 0. The van der Waals surface area contributed by atoms with E-state index in [4.69, 9.17) is 10.5 Å². The molecule has 3 rings (SSSR count). The van der Waals surface area contributed by atoms with Crippen LogP contribution in [-0.4, -0.2) is 0 Å². The van der Waals surface area contributed by atoms with Gasteiger partial charge in [-0.3, -0.25) is 0 Å². The molecule has 0 radical (unpaired) electrons. The predicted molar refractivity (Wildman–Crippen MR) is 116 cm³/mol. The smallest absolute Gasteiger partial charge is 0.0998 e. The Labute approximate surface area is 175 Å². The number of nitrogens with zero attached hydrogens (tertiary/aromatic N) is 4. The van der Waals surface area contributed by atoms with Crippen LogP contribution >= 0.6 is 0 Å². The summed E-state index contributed by atoms with van der Waals surface area (Å²) in [7, 11) is 0. The summed E-state index contributed by atoms with van der Waals surface area (Å²) in [6.45, 7) is 0. The molecule has 4 nitrogen and oxygen atoms in total. The minimum atomic E-state index is 0.457. The summed E-state index contributed by atoms with van der Waals surface area (Å²) in [5.41, 5.74) is 5.15. The molecule has 0 heterocycles. The second-order valence-corrected chi connectivity index (χ2v) is 6.38. The molecule has 30 heavy (non-hydrogen) atoms. The van der Waals surface area contributed by atoms with E-state index in [2.05, 4.69) is 24.3 Å². The second kappa shape index (κ2) is 9.34. The van der Waals surface area contributed by atoms with Crippen molar-refractivity contribution in [3.63, 3.8) is 0 Å². The molecule has 0 unspecified atom stereocenters. The van der Waals surface area contributed by atoms with Gasteiger partial charge in [0.25, 0.3) is 0 Å². The van der Waals surface area contributed by atoms with Crippen LogP contribution in [0.15, 0.2) is 60.7 Å². The summed E-state index contributed by atoms with van der Waals surface area (Å²) < 4.78 is 0. The summed E-state index contributed by atoms with van der Waals surface area (Å²) in [6, 6.07) is 26.1. The molecule has 0 aliphatic rings. The Hall–Kier alpha value is -4.90. The zero-order valence-electron chi connectivity index (χ0n) is 15.9. The molecule has 3 aromatic carbocycles. The average Bonchev–Trinajstić information content (AvgIpc) is 2.81. The van der Waals surface area contributed by atoms with Crippen molar-refractivity contribution in [1.82, 2.24) is 0 Å². The van der Waals surface area contributed by atoms with Crippen LogP contribution in [0, 0.1) is 45.3 Å². The SMILES string of the molecule is N#Cc1ccc(/C=C/c2cc(C#N)c(/C=C/c3ccc(C#N)cc3)cc2C#N)cc1. The Kier molecular flexibility index (Phi) is 6.18. The van der Waals surface area contributed by atoms with Crippen molar-refractivity contribution in [3.05, 3.63) is 105 Å². The first-order chi connectivity index (χ1) is 14.7. The van der Waals surface area contributed by atoms with Crippen LogP contribution in [-0.2, 0) is 0 Å². The first-order valence-electron chi connectivity index (χ1n) is 9.01. The summed E-state index contributed by atoms with van der Waals surface area (Å²) >= 11 is 0.